The lowest BCUT2D eigenvalue weighted by Gasteiger charge is -2.32. The van der Waals surface area contributed by atoms with Crippen LogP contribution >= 0.6 is 23.4 Å². The van der Waals surface area contributed by atoms with Gasteiger partial charge >= 0.3 is 0 Å². The SMILES string of the molecule is COCCCn1c(SC(C)C(=O)N(C)C2CCCCC2)nc2cc(Cl)ccc2c1=O. The van der Waals surface area contributed by atoms with Crippen LogP contribution in [0.5, 0.6) is 0 Å². The van der Waals surface area contributed by atoms with E-state index in [2.05, 4.69) is 0 Å². The summed E-state index contributed by atoms with van der Waals surface area (Å²) in [5.74, 6) is 0.0794. The summed E-state index contributed by atoms with van der Waals surface area (Å²) in [7, 11) is 3.54. The molecule has 30 heavy (non-hydrogen) atoms. The zero-order valence-corrected chi connectivity index (χ0v) is 19.5. The summed E-state index contributed by atoms with van der Waals surface area (Å²) >= 11 is 7.46. The minimum absolute atomic E-state index is 0.0794. The van der Waals surface area contributed by atoms with E-state index in [0.717, 1.165) is 12.8 Å². The molecule has 1 aromatic carbocycles. The molecule has 0 bridgehead atoms. The first-order chi connectivity index (χ1) is 14.4. The third kappa shape index (κ3) is 5.37. The molecule has 1 saturated carbocycles. The lowest BCUT2D eigenvalue weighted by atomic mass is 9.94. The number of rotatable bonds is 8. The quantitative estimate of drug-likeness (QED) is 0.339. The van der Waals surface area contributed by atoms with Crippen molar-refractivity contribution in [3.8, 4) is 0 Å². The van der Waals surface area contributed by atoms with Gasteiger partial charge in [0.05, 0.1) is 16.2 Å². The highest BCUT2D eigenvalue weighted by Crippen LogP contribution is 2.28. The Balaban J connectivity index is 1.87. The van der Waals surface area contributed by atoms with E-state index in [1.54, 1.807) is 29.9 Å². The van der Waals surface area contributed by atoms with Crippen LogP contribution in [0.25, 0.3) is 10.9 Å². The average Bonchev–Trinajstić information content (AvgIpc) is 2.75. The molecule has 1 atom stereocenters. The van der Waals surface area contributed by atoms with Crippen LogP contribution in [0.1, 0.15) is 45.4 Å². The number of hydrogen-bond donors (Lipinski definition) is 0. The maximum absolute atomic E-state index is 13.1. The van der Waals surface area contributed by atoms with Gasteiger partial charge in [-0.3, -0.25) is 14.2 Å². The Morgan fingerprint density at radius 3 is 2.80 bits per heavy atom. The Hall–Kier alpha value is -1.57. The molecule has 0 N–H and O–H groups in total. The maximum atomic E-state index is 13.1. The zero-order chi connectivity index (χ0) is 21.7. The number of nitrogens with zero attached hydrogens (tertiary/aromatic N) is 3. The largest absolute Gasteiger partial charge is 0.385 e. The Morgan fingerprint density at radius 1 is 1.37 bits per heavy atom. The molecule has 1 heterocycles. The number of methoxy groups -OCH3 is 1. The molecule has 0 aliphatic heterocycles. The van der Waals surface area contributed by atoms with Gasteiger partial charge in [-0.25, -0.2) is 4.98 Å². The van der Waals surface area contributed by atoms with Gasteiger partial charge < -0.3 is 9.64 Å². The molecule has 0 radical (unpaired) electrons. The van der Waals surface area contributed by atoms with Gasteiger partial charge in [0.25, 0.3) is 5.56 Å². The fraction of sp³-hybridized carbons (Fsp3) is 0.591. The first-order valence-electron chi connectivity index (χ1n) is 10.5. The molecule has 0 spiro atoms. The maximum Gasteiger partial charge on any atom is 0.262 e. The molecular formula is C22H30ClN3O3S. The second kappa shape index (κ2) is 10.6. The second-order valence-corrected chi connectivity index (χ2v) is 9.60. The number of carbonyl (C=O) groups excluding carboxylic acids is 1. The van der Waals surface area contributed by atoms with Crippen molar-refractivity contribution in [3.05, 3.63) is 33.6 Å². The number of benzene rings is 1. The molecule has 1 unspecified atom stereocenters. The number of thioether (sulfide) groups is 1. The number of hydrogen-bond acceptors (Lipinski definition) is 5. The van der Waals surface area contributed by atoms with Crippen molar-refractivity contribution in [3.63, 3.8) is 0 Å². The molecule has 1 aliphatic carbocycles. The van der Waals surface area contributed by atoms with Crippen molar-refractivity contribution >= 4 is 40.2 Å². The summed E-state index contributed by atoms with van der Waals surface area (Å²) in [6, 6.07) is 5.41. The third-order valence-electron chi connectivity index (χ3n) is 5.71. The summed E-state index contributed by atoms with van der Waals surface area (Å²) in [4.78, 5) is 32.8. The second-order valence-electron chi connectivity index (χ2n) is 7.86. The predicted molar refractivity (Wildman–Crippen MR) is 122 cm³/mol. The standard InChI is InChI=1S/C22H30ClN3O3S/c1-15(20(27)25(2)17-8-5-4-6-9-17)30-22-24-19-14-16(23)10-11-18(19)21(28)26(22)12-7-13-29-3/h10-11,14-15,17H,4-9,12-13H2,1-3H3. The summed E-state index contributed by atoms with van der Waals surface area (Å²) in [6.07, 6.45) is 6.42. The van der Waals surface area contributed by atoms with Crippen molar-refractivity contribution in [2.75, 3.05) is 20.8 Å². The Kier molecular flexibility index (Phi) is 8.20. The van der Waals surface area contributed by atoms with Crippen LogP contribution in [0.15, 0.2) is 28.2 Å². The molecule has 0 saturated heterocycles. The fourth-order valence-corrected chi connectivity index (χ4v) is 5.17. The van der Waals surface area contributed by atoms with Crippen LogP contribution < -0.4 is 5.56 Å². The molecule has 2 aromatic rings. The van der Waals surface area contributed by atoms with Crippen molar-refractivity contribution in [2.45, 2.75) is 68.4 Å². The molecule has 1 aliphatic rings. The van der Waals surface area contributed by atoms with Crippen LogP contribution in [0.4, 0.5) is 0 Å². The molecule has 3 rings (SSSR count). The van der Waals surface area contributed by atoms with E-state index in [4.69, 9.17) is 21.3 Å². The van der Waals surface area contributed by atoms with Crippen molar-refractivity contribution in [1.82, 2.24) is 14.5 Å². The minimum atomic E-state index is -0.339. The van der Waals surface area contributed by atoms with E-state index >= 15 is 0 Å². The highest BCUT2D eigenvalue weighted by Gasteiger charge is 2.27. The summed E-state index contributed by atoms with van der Waals surface area (Å²) in [5, 5.41) is 1.26. The van der Waals surface area contributed by atoms with Crippen molar-refractivity contribution in [2.24, 2.45) is 0 Å². The highest BCUT2D eigenvalue weighted by atomic mass is 35.5. The lowest BCUT2D eigenvalue weighted by molar-refractivity contribution is -0.131. The van der Waals surface area contributed by atoms with Gasteiger partial charge in [0.1, 0.15) is 0 Å². The first kappa shape index (κ1) is 23.1. The first-order valence-corrected chi connectivity index (χ1v) is 11.8. The lowest BCUT2D eigenvalue weighted by Crippen LogP contribution is -2.42. The normalized spacial score (nSPS) is 16.0. The predicted octanol–water partition coefficient (Wildman–Crippen LogP) is 4.36. The van der Waals surface area contributed by atoms with E-state index in [0.29, 0.717) is 46.7 Å². The zero-order valence-electron chi connectivity index (χ0n) is 17.9. The van der Waals surface area contributed by atoms with E-state index in [1.807, 2.05) is 18.9 Å². The third-order valence-corrected chi connectivity index (χ3v) is 7.03. The average molecular weight is 452 g/mol. The van der Waals surface area contributed by atoms with Crippen LogP contribution in [-0.4, -0.2) is 52.4 Å². The molecule has 1 fully saturated rings. The van der Waals surface area contributed by atoms with Crippen LogP contribution in [0, 0.1) is 0 Å². The van der Waals surface area contributed by atoms with Crippen LogP contribution in [0.2, 0.25) is 5.02 Å². The molecule has 164 valence electrons. The number of halogens is 1. The molecule has 1 aromatic heterocycles. The smallest absolute Gasteiger partial charge is 0.262 e. The van der Waals surface area contributed by atoms with E-state index < -0.39 is 0 Å². The van der Waals surface area contributed by atoms with Gasteiger partial charge in [0.2, 0.25) is 5.91 Å². The minimum Gasteiger partial charge on any atom is -0.385 e. The van der Waals surface area contributed by atoms with Gasteiger partial charge in [-0.2, -0.15) is 0 Å². The number of aromatic nitrogens is 2. The van der Waals surface area contributed by atoms with Crippen molar-refractivity contribution < 1.29 is 9.53 Å². The van der Waals surface area contributed by atoms with E-state index in [9.17, 15) is 9.59 Å². The fourth-order valence-electron chi connectivity index (χ4n) is 3.97. The molecular weight excluding hydrogens is 422 g/mol. The monoisotopic (exact) mass is 451 g/mol. The summed E-state index contributed by atoms with van der Waals surface area (Å²) in [6.45, 7) is 2.92. The van der Waals surface area contributed by atoms with Crippen LogP contribution in [0.3, 0.4) is 0 Å². The van der Waals surface area contributed by atoms with Gasteiger partial charge in [-0.05, 0) is 44.4 Å². The number of carbonyl (C=O) groups is 1. The number of fused-ring (bicyclic) bond motifs is 1. The van der Waals surface area contributed by atoms with Crippen LogP contribution in [-0.2, 0) is 16.1 Å². The Bertz CT molecular complexity index is 943. The van der Waals surface area contributed by atoms with Gasteiger partial charge in [0, 0.05) is 38.4 Å². The van der Waals surface area contributed by atoms with E-state index in [1.165, 1.54) is 31.0 Å². The number of ether oxygens (including phenoxy) is 1. The van der Waals surface area contributed by atoms with E-state index in [-0.39, 0.29) is 16.7 Å². The summed E-state index contributed by atoms with van der Waals surface area (Å²) < 4.78 is 6.80. The van der Waals surface area contributed by atoms with Gasteiger partial charge in [-0.1, -0.05) is 42.6 Å². The Labute approximate surface area is 186 Å². The topological polar surface area (TPSA) is 64.4 Å². The van der Waals surface area contributed by atoms with Gasteiger partial charge in [-0.15, -0.1) is 0 Å². The van der Waals surface area contributed by atoms with Gasteiger partial charge in [0.15, 0.2) is 5.16 Å². The van der Waals surface area contributed by atoms with Crippen molar-refractivity contribution in [1.29, 1.82) is 0 Å². The molecule has 1 amide bonds. The summed E-state index contributed by atoms with van der Waals surface area (Å²) in [5.41, 5.74) is 0.439. The Morgan fingerprint density at radius 2 is 2.10 bits per heavy atom. The molecule has 8 heteroatoms. The number of amides is 1. The molecule has 6 nitrogen and oxygen atoms in total. The highest BCUT2D eigenvalue weighted by molar-refractivity contribution is 8.00.